The molecule has 26 heavy (non-hydrogen) atoms. The van der Waals surface area contributed by atoms with Crippen molar-refractivity contribution >= 4 is 22.0 Å². The second kappa shape index (κ2) is 7.77. The Balaban J connectivity index is 1.67. The Labute approximate surface area is 161 Å². The third-order valence-corrected chi connectivity index (χ3v) is 8.32. The van der Waals surface area contributed by atoms with Crippen molar-refractivity contribution in [3.8, 4) is 0 Å². The molecule has 0 aliphatic carbocycles. The van der Waals surface area contributed by atoms with E-state index in [2.05, 4.69) is 35.4 Å². The van der Waals surface area contributed by atoms with Crippen LogP contribution in [0.15, 0.2) is 29.2 Å². The van der Waals surface area contributed by atoms with Crippen LogP contribution in [0.1, 0.15) is 18.4 Å². The highest BCUT2D eigenvalue weighted by atomic mass is 32.2. The first-order valence-corrected chi connectivity index (χ1v) is 11.6. The number of aliphatic hydroxyl groups is 1. The normalized spacial score (nSPS) is 28.3. The molecule has 2 heterocycles. The highest BCUT2D eigenvalue weighted by Gasteiger charge is 2.47. The number of benzene rings is 1. The van der Waals surface area contributed by atoms with Gasteiger partial charge in [0.1, 0.15) is 0 Å². The first-order valence-electron chi connectivity index (χ1n) is 9.00. The van der Waals surface area contributed by atoms with Gasteiger partial charge in [0.05, 0.1) is 5.60 Å². The molecule has 2 saturated heterocycles. The minimum absolute atomic E-state index is 0.0507. The fraction of sp³-hybridized carbons (Fsp3) is 0.667. The third-order valence-electron chi connectivity index (χ3n) is 5.67. The molecule has 2 fully saturated rings. The second-order valence-corrected chi connectivity index (χ2v) is 10.6. The van der Waals surface area contributed by atoms with Crippen molar-refractivity contribution in [3.63, 3.8) is 0 Å². The number of likely N-dealkylation sites (tertiary alicyclic amines) is 1. The molecular formula is C18H29N3O3S2. The molecule has 0 radical (unpaired) electrons. The molecule has 6 nitrogen and oxygen atoms in total. The van der Waals surface area contributed by atoms with Gasteiger partial charge in [0.15, 0.2) is 0 Å². The lowest BCUT2D eigenvalue weighted by molar-refractivity contribution is -0.103. The largest absolute Gasteiger partial charge is 0.389 e. The van der Waals surface area contributed by atoms with Crippen LogP contribution in [0.25, 0.3) is 0 Å². The highest BCUT2D eigenvalue weighted by molar-refractivity contribution is 7.98. The summed E-state index contributed by atoms with van der Waals surface area (Å²) in [6, 6.07) is 8.56. The van der Waals surface area contributed by atoms with Gasteiger partial charge in [0.2, 0.25) is 0 Å². The van der Waals surface area contributed by atoms with Crippen molar-refractivity contribution < 1.29 is 13.5 Å². The molecule has 1 aromatic carbocycles. The van der Waals surface area contributed by atoms with Gasteiger partial charge in [-0.1, -0.05) is 12.1 Å². The lowest BCUT2D eigenvalue weighted by Crippen LogP contribution is -2.61. The van der Waals surface area contributed by atoms with Gasteiger partial charge in [-0.25, -0.2) is 0 Å². The van der Waals surface area contributed by atoms with Gasteiger partial charge < -0.3 is 5.11 Å². The Hall–Kier alpha value is -0.640. The molecule has 2 atom stereocenters. The number of piperidine rings is 2. The molecule has 0 aromatic heterocycles. The summed E-state index contributed by atoms with van der Waals surface area (Å²) in [5, 5.41) is 11.0. The van der Waals surface area contributed by atoms with Crippen LogP contribution in [0.5, 0.6) is 0 Å². The Morgan fingerprint density at radius 2 is 1.85 bits per heavy atom. The fourth-order valence-electron chi connectivity index (χ4n) is 3.91. The van der Waals surface area contributed by atoms with Crippen LogP contribution in [0.2, 0.25) is 0 Å². The SMILES string of the molecule is CSc1ccc(CN2CC[C@@]3(O)CCN(S(=O)(=O)N(C)C)C[C@H]3C2)cc1. The van der Waals surface area contributed by atoms with Crippen LogP contribution >= 0.6 is 11.8 Å². The average molecular weight is 400 g/mol. The third kappa shape index (κ3) is 4.10. The van der Waals surface area contributed by atoms with Crippen molar-refractivity contribution in [3.05, 3.63) is 29.8 Å². The molecule has 8 heteroatoms. The predicted molar refractivity (Wildman–Crippen MR) is 105 cm³/mol. The van der Waals surface area contributed by atoms with E-state index in [9.17, 15) is 13.5 Å². The van der Waals surface area contributed by atoms with Crippen LogP contribution in [0.4, 0.5) is 0 Å². The molecule has 0 saturated carbocycles. The first-order chi connectivity index (χ1) is 12.2. The van der Waals surface area contributed by atoms with Gasteiger partial charge in [-0.3, -0.25) is 4.90 Å². The summed E-state index contributed by atoms with van der Waals surface area (Å²) < 4.78 is 27.7. The number of thioether (sulfide) groups is 1. The van der Waals surface area contributed by atoms with Gasteiger partial charge in [-0.05, 0) is 36.8 Å². The Morgan fingerprint density at radius 1 is 1.19 bits per heavy atom. The number of fused-ring (bicyclic) bond motifs is 1. The minimum Gasteiger partial charge on any atom is -0.389 e. The van der Waals surface area contributed by atoms with Crippen LogP contribution < -0.4 is 0 Å². The summed E-state index contributed by atoms with van der Waals surface area (Å²) in [6.07, 6.45) is 3.29. The Morgan fingerprint density at radius 3 is 2.46 bits per heavy atom. The van der Waals surface area contributed by atoms with E-state index < -0.39 is 15.8 Å². The van der Waals surface area contributed by atoms with E-state index in [0.29, 0.717) is 25.9 Å². The van der Waals surface area contributed by atoms with Crippen molar-refractivity contribution in [1.29, 1.82) is 0 Å². The van der Waals surface area contributed by atoms with E-state index in [4.69, 9.17) is 0 Å². The fourth-order valence-corrected chi connectivity index (χ4v) is 5.47. The van der Waals surface area contributed by atoms with E-state index in [0.717, 1.165) is 19.6 Å². The zero-order valence-electron chi connectivity index (χ0n) is 15.8. The van der Waals surface area contributed by atoms with Crippen LogP contribution in [0.3, 0.4) is 0 Å². The molecule has 1 N–H and O–H groups in total. The maximum atomic E-state index is 12.5. The minimum atomic E-state index is -3.43. The highest BCUT2D eigenvalue weighted by Crippen LogP contribution is 2.37. The van der Waals surface area contributed by atoms with Crippen molar-refractivity contribution in [1.82, 2.24) is 13.5 Å². The van der Waals surface area contributed by atoms with Crippen LogP contribution in [0, 0.1) is 5.92 Å². The van der Waals surface area contributed by atoms with Crippen molar-refractivity contribution in [2.45, 2.75) is 29.9 Å². The maximum absolute atomic E-state index is 12.5. The van der Waals surface area contributed by atoms with Crippen LogP contribution in [-0.4, -0.2) is 79.2 Å². The van der Waals surface area contributed by atoms with Crippen molar-refractivity contribution in [2.75, 3.05) is 46.5 Å². The lowest BCUT2D eigenvalue weighted by atomic mass is 9.76. The molecule has 2 aliphatic heterocycles. The molecule has 0 amide bonds. The van der Waals surface area contributed by atoms with E-state index >= 15 is 0 Å². The predicted octanol–water partition coefficient (Wildman–Crippen LogP) is 1.47. The molecule has 3 rings (SSSR count). The first kappa shape index (κ1) is 20.1. The van der Waals surface area contributed by atoms with E-state index in [1.54, 1.807) is 25.9 Å². The summed E-state index contributed by atoms with van der Waals surface area (Å²) in [6.45, 7) is 3.18. The van der Waals surface area contributed by atoms with Gasteiger partial charge in [-0.2, -0.15) is 17.0 Å². The summed E-state index contributed by atoms with van der Waals surface area (Å²) in [4.78, 5) is 3.58. The molecule has 146 valence electrons. The number of hydrogen-bond acceptors (Lipinski definition) is 5. The summed E-state index contributed by atoms with van der Waals surface area (Å²) in [5.41, 5.74) is 0.513. The zero-order valence-corrected chi connectivity index (χ0v) is 17.4. The smallest absolute Gasteiger partial charge is 0.281 e. The quantitative estimate of drug-likeness (QED) is 0.760. The summed E-state index contributed by atoms with van der Waals surface area (Å²) in [7, 11) is -0.312. The molecule has 2 aliphatic rings. The lowest BCUT2D eigenvalue weighted by Gasteiger charge is -2.50. The summed E-state index contributed by atoms with van der Waals surface area (Å²) >= 11 is 1.73. The monoisotopic (exact) mass is 399 g/mol. The number of rotatable bonds is 5. The Kier molecular flexibility index (Phi) is 6.01. The topological polar surface area (TPSA) is 64.1 Å². The molecular weight excluding hydrogens is 370 g/mol. The summed E-state index contributed by atoms with van der Waals surface area (Å²) in [5.74, 6) is -0.0507. The van der Waals surface area contributed by atoms with E-state index in [1.165, 1.54) is 19.1 Å². The maximum Gasteiger partial charge on any atom is 0.281 e. The average Bonchev–Trinajstić information content (AvgIpc) is 2.62. The van der Waals surface area contributed by atoms with E-state index in [-0.39, 0.29) is 5.92 Å². The zero-order chi connectivity index (χ0) is 18.9. The van der Waals surface area contributed by atoms with E-state index in [1.807, 2.05) is 0 Å². The molecule has 0 unspecified atom stereocenters. The molecule has 0 bridgehead atoms. The van der Waals surface area contributed by atoms with Gasteiger partial charge in [0.25, 0.3) is 10.2 Å². The van der Waals surface area contributed by atoms with Gasteiger partial charge in [0, 0.05) is 57.6 Å². The molecule has 0 spiro atoms. The number of nitrogens with zero attached hydrogens (tertiary/aromatic N) is 3. The van der Waals surface area contributed by atoms with Gasteiger partial charge >= 0.3 is 0 Å². The molecule has 1 aromatic rings. The Bertz CT molecular complexity index is 724. The standard InChI is InChI=1S/C18H29N3O3S2/c1-19(2)26(23,24)21-11-9-18(22)8-10-20(13-16(18)14-21)12-15-4-6-17(25-3)7-5-15/h4-7,16,22H,8-14H2,1-3H3/t16-,18-/m1/s1. The van der Waals surface area contributed by atoms with Crippen molar-refractivity contribution in [2.24, 2.45) is 5.92 Å². The number of hydrogen-bond donors (Lipinski definition) is 1. The van der Waals surface area contributed by atoms with Gasteiger partial charge in [-0.15, -0.1) is 11.8 Å². The van der Waals surface area contributed by atoms with Crippen LogP contribution in [-0.2, 0) is 16.8 Å². The second-order valence-electron chi connectivity index (χ2n) is 7.53.